The number of nitriles is 1. The van der Waals surface area contributed by atoms with E-state index in [0.29, 0.717) is 41.1 Å². The standard InChI is InChI=1S/C19H12ClF3N6O4/c20-12-6-8(29-18(32)25-16(31)13(7-24)28-29)5-11(19(21,22)23)14(12)33-17-10-4-2-1-3-9(10)15(30)26-27-17/h5-6H,1-4H2,(H,26,30)(H,25,31,32). The third kappa shape index (κ3) is 4.12. The Morgan fingerprint density at radius 3 is 2.48 bits per heavy atom. The van der Waals surface area contributed by atoms with Crippen molar-refractivity contribution < 1.29 is 17.9 Å². The quantitative estimate of drug-likeness (QED) is 0.584. The largest absolute Gasteiger partial charge is 0.435 e. The first kappa shape index (κ1) is 22.3. The molecule has 0 amide bonds. The molecule has 0 saturated heterocycles. The van der Waals surface area contributed by atoms with Gasteiger partial charge in [-0.05, 0) is 37.8 Å². The molecule has 0 aliphatic heterocycles. The van der Waals surface area contributed by atoms with Crippen LogP contribution in [0.4, 0.5) is 13.2 Å². The van der Waals surface area contributed by atoms with E-state index in [0.717, 1.165) is 12.5 Å². The molecule has 0 atom stereocenters. The number of nitrogens with one attached hydrogen (secondary N) is 2. The van der Waals surface area contributed by atoms with Gasteiger partial charge in [0.2, 0.25) is 11.6 Å². The van der Waals surface area contributed by atoms with E-state index in [4.69, 9.17) is 21.6 Å². The Morgan fingerprint density at radius 2 is 1.82 bits per heavy atom. The molecule has 1 aliphatic carbocycles. The molecule has 14 heteroatoms. The second-order valence-electron chi connectivity index (χ2n) is 7.06. The van der Waals surface area contributed by atoms with Gasteiger partial charge in [-0.15, -0.1) is 10.2 Å². The zero-order valence-corrected chi connectivity index (χ0v) is 17.2. The fourth-order valence-corrected chi connectivity index (χ4v) is 3.73. The lowest BCUT2D eigenvalue weighted by atomic mass is 9.94. The summed E-state index contributed by atoms with van der Waals surface area (Å²) in [6.45, 7) is 0. The summed E-state index contributed by atoms with van der Waals surface area (Å²) in [6.07, 6.45) is -2.71. The molecule has 0 bridgehead atoms. The topological polar surface area (TPSA) is 147 Å². The maximum absolute atomic E-state index is 13.9. The SMILES string of the molecule is N#Cc1nn(-c2cc(Cl)c(Oc3n[nH]c(=O)c4c3CCCC4)c(C(F)(F)F)c2)c(=O)[nH]c1=O. The van der Waals surface area contributed by atoms with E-state index < -0.39 is 50.7 Å². The summed E-state index contributed by atoms with van der Waals surface area (Å²) in [4.78, 5) is 37.4. The fraction of sp³-hybridized carbons (Fsp3) is 0.263. The minimum Gasteiger partial charge on any atom is -0.435 e. The van der Waals surface area contributed by atoms with Crippen molar-refractivity contribution in [3.63, 3.8) is 0 Å². The molecular formula is C19H12ClF3N6O4. The smallest absolute Gasteiger partial charge is 0.420 e. The molecule has 4 rings (SSSR count). The first-order valence-electron chi connectivity index (χ1n) is 9.43. The highest BCUT2D eigenvalue weighted by molar-refractivity contribution is 6.32. The van der Waals surface area contributed by atoms with E-state index in [2.05, 4.69) is 15.3 Å². The van der Waals surface area contributed by atoms with Gasteiger partial charge in [0.25, 0.3) is 11.1 Å². The maximum atomic E-state index is 13.9. The first-order chi connectivity index (χ1) is 15.6. The molecule has 1 aromatic carbocycles. The Kier molecular flexibility index (Phi) is 5.54. The molecule has 10 nitrogen and oxygen atoms in total. The fourth-order valence-electron chi connectivity index (χ4n) is 3.47. The zero-order valence-electron chi connectivity index (χ0n) is 16.4. The van der Waals surface area contributed by atoms with Crippen molar-refractivity contribution in [3.8, 4) is 23.4 Å². The van der Waals surface area contributed by atoms with Gasteiger partial charge in [0, 0.05) is 11.1 Å². The molecule has 0 unspecified atom stereocenters. The predicted octanol–water partition coefficient (Wildman–Crippen LogP) is 2.22. The third-order valence-corrected chi connectivity index (χ3v) is 5.25. The van der Waals surface area contributed by atoms with Gasteiger partial charge in [0.1, 0.15) is 11.6 Å². The van der Waals surface area contributed by atoms with E-state index in [9.17, 15) is 27.6 Å². The predicted molar refractivity (Wildman–Crippen MR) is 107 cm³/mol. The first-order valence-corrected chi connectivity index (χ1v) is 9.81. The van der Waals surface area contributed by atoms with Gasteiger partial charge in [-0.25, -0.2) is 9.89 Å². The van der Waals surface area contributed by atoms with Crippen LogP contribution < -0.4 is 21.5 Å². The van der Waals surface area contributed by atoms with E-state index in [1.165, 1.54) is 6.07 Å². The average molecular weight is 481 g/mol. The van der Waals surface area contributed by atoms with Crippen molar-refractivity contribution in [2.45, 2.75) is 31.9 Å². The number of halogens is 4. The van der Waals surface area contributed by atoms with Gasteiger partial charge in [-0.3, -0.25) is 14.6 Å². The number of nitrogens with zero attached hydrogens (tertiary/aromatic N) is 4. The van der Waals surface area contributed by atoms with Crippen LogP contribution in [-0.4, -0.2) is 25.0 Å². The average Bonchev–Trinajstić information content (AvgIpc) is 2.76. The molecule has 1 aliphatic rings. The number of rotatable bonds is 3. The molecule has 2 aromatic heterocycles. The Morgan fingerprint density at radius 1 is 1.12 bits per heavy atom. The van der Waals surface area contributed by atoms with Gasteiger partial charge < -0.3 is 4.74 Å². The maximum Gasteiger partial charge on any atom is 0.420 e. The van der Waals surface area contributed by atoms with Crippen LogP contribution in [0.2, 0.25) is 5.02 Å². The molecule has 3 aromatic rings. The number of H-pyrrole nitrogens is 2. The van der Waals surface area contributed by atoms with Crippen LogP contribution in [0.3, 0.4) is 0 Å². The van der Waals surface area contributed by atoms with Gasteiger partial charge in [-0.2, -0.15) is 23.1 Å². The summed E-state index contributed by atoms with van der Waals surface area (Å²) in [5.41, 5.74) is -4.47. The van der Waals surface area contributed by atoms with Crippen molar-refractivity contribution >= 4 is 11.6 Å². The van der Waals surface area contributed by atoms with Gasteiger partial charge in [0.05, 0.1) is 10.7 Å². The second kappa shape index (κ2) is 8.21. The monoisotopic (exact) mass is 480 g/mol. The minimum atomic E-state index is -4.99. The number of hydrogen-bond donors (Lipinski definition) is 2. The van der Waals surface area contributed by atoms with Crippen LogP contribution in [0.5, 0.6) is 11.6 Å². The van der Waals surface area contributed by atoms with E-state index in [1.807, 2.05) is 0 Å². The third-order valence-electron chi connectivity index (χ3n) is 4.97. The Labute approximate surface area is 186 Å². The molecule has 33 heavy (non-hydrogen) atoms. The number of ether oxygens (including phenoxy) is 1. The van der Waals surface area contributed by atoms with E-state index in [-0.39, 0.29) is 5.88 Å². The van der Waals surface area contributed by atoms with Gasteiger partial charge in [0.15, 0.2) is 5.75 Å². The van der Waals surface area contributed by atoms with Crippen LogP contribution in [0, 0.1) is 11.3 Å². The highest BCUT2D eigenvalue weighted by Gasteiger charge is 2.37. The van der Waals surface area contributed by atoms with Crippen LogP contribution in [-0.2, 0) is 19.0 Å². The highest BCUT2D eigenvalue weighted by atomic mass is 35.5. The number of aromatic nitrogens is 5. The minimum absolute atomic E-state index is 0.212. The summed E-state index contributed by atoms with van der Waals surface area (Å²) in [6, 6.07) is 2.93. The van der Waals surface area contributed by atoms with Crippen LogP contribution in [0.25, 0.3) is 5.69 Å². The second-order valence-corrected chi connectivity index (χ2v) is 7.46. The number of aromatic amines is 2. The molecule has 0 fully saturated rings. The molecular weight excluding hydrogens is 469 g/mol. The Hall–Kier alpha value is -3.92. The van der Waals surface area contributed by atoms with Crippen molar-refractivity contribution in [2.75, 3.05) is 0 Å². The molecule has 2 heterocycles. The Balaban J connectivity index is 1.89. The molecule has 0 saturated carbocycles. The molecule has 0 radical (unpaired) electrons. The summed E-state index contributed by atoms with van der Waals surface area (Å²) in [5, 5.41) is 17.8. The number of fused-ring (bicyclic) bond motifs is 1. The van der Waals surface area contributed by atoms with Gasteiger partial charge >= 0.3 is 11.9 Å². The Bertz CT molecular complexity index is 1490. The number of benzene rings is 1. The highest BCUT2D eigenvalue weighted by Crippen LogP contribution is 2.44. The summed E-state index contributed by atoms with van der Waals surface area (Å²) in [5.74, 6) is -1.01. The van der Waals surface area contributed by atoms with Crippen molar-refractivity contribution in [3.05, 3.63) is 70.7 Å². The lowest BCUT2D eigenvalue weighted by Gasteiger charge is -2.20. The van der Waals surface area contributed by atoms with Crippen molar-refractivity contribution in [2.24, 2.45) is 0 Å². The number of alkyl halides is 3. The van der Waals surface area contributed by atoms with Crippen LogP contribution in [0.1, 0.15) is 35.2 Å². The number of hydrogen-bond acceptors (Lipinski definition) is 7. The van der Waals surface area contributed by atoms with Gasteiger partial charge in [-0.1, -0.05) is 11.6 Å². The lowest BCUT2D eigenvalue weighted by Crippen LogP contribution is -2.33. The summed E-state index contributed by atoms with van der Waals surface area (Å²) < 4.78 is 47.6. The van der Waals surface area contributed by atoms with Crippen LogP contribution in [0.15, 0.2) is 26.5 Å². The molecule has 0 spiro atoms. The van der Waals surface area contributed by atoms with E-state index in [1.54, 1.807) is 4.98 Å². The zero-order chi connectivity index (χ0) is 23.9. The normalized spacial score (nSPS) is 13.3. The molecule has 2 N–H and O–H groups in total. The van der Waals surface area contributed by atoms with Crippen molar-refractivity contribution in [1.29, 1.82) is 5.26 Å². The summed E-state index contributed by atoms with van der Waals surface area (Å²) >= 11 is 6.11. The van der Waals surface area contributed by atoms with E-state index >= 15 is 0 Å². The summed E-state index contributed by atoms with van der Waals surface area (Å²) in [7, 11) is 0. The van der Waals surface area contributed by atoms with Crippen molar-refractivity contribution in [1.82, 2.24) is 25.0 Å². The lowest BCUT2D eigenvalue weighted by molar-refractivity contribution is -0.138. The van der Waals surface area contributed by atoms with Crippen LogP contribution >= 0.6 is 11.6 Å². The molecule has 170 valence electrons.